The summed E-state index contributed by atoms with van der Waals surface area (Å²) in [5.41, 5.74) is 0.430. The highest BCUT2D eigenvalue weighted by atomic mass is 19.4. The van der Waals surface area contributed by atoms with Crippen LogP contribution in [0.5, 0.6) is 0 Å². The third-order valence-electron chi connectivity index (χ3n) is 3.52. The first-order valence-electron chi connectivity index (χ1n) is 7.83. The molecule has 0 unspecified atom stereocenters. The quantitative estimate of drug-likeness (QED) is 0.632. The molecule has 0 saturated carbocycles. The SMILES string of the molecule is CN=C(N=CN=CC1=CCC=C(C(F)(F)F)C=C1)c1cccc(C(=O)O)c1. The summed E-state index contributed by atoms with van der Waals surface area (Å²) in [6, 6.07) is 6.13. The smallest absolute Gasteiger partial charge is 0.416 e. The van der Waals surface area contributed by atoms with E-state index >= 15 is 0 Å². The number of amidine groups is 1. The lowest BCUT2D eigenvalue weighted by molar-refractivity contribution is -0.0883. The van der Waals surface area contributed by atoms with Gasteiger partial charge in [0.2, 0.25) is 0 Å². The summed E-state index contributed by atoms with van der Waals surface area (Å²) in [4.78, 5) is 23.0. The number of benzene rings is 1. The minimum atomic E-state index is -4.38. The van der Waals surface area contributed by atoms with Crippen LogP contribution in [0, 0.1) is 0 Å². The van der Waals surface area contributed by atoms with Crippen LogP contribution in [0.1, 0.15) is 22.3 Å². The summed E-state index contributed by atoms with van der Waals surface area (Å²) in [6.07, 6.45) is 3.38. The molecule has 5 nitrogen and oxygen atoms in total. The Morgan fingerprint density at radius 1 is 1.19 bits per heavy atom. The number of nitrogens with zero attached hydrogens (tertiary/aromatic N) is 3. The van der Waals surface area contributed by atoms with Crippen molar-refractivity contribution in [1.82, 2.24) is 0 Å². The number of carboxylic acid groups (broad SMARTS) is 1. The average molecular weight is 375 g/mol. The van der Waals surface area contributed by atoms with E-state index in [4.69, 9.17) is 5.11 Å². The van der Waals surface area contributed by atoms with E-state index in [-0.39, 0.29) is 17.8 Å². The van der Waals surface area contributed by atoms with Gasteiger partial charge in [0.25, 0.3) is 0 Å². The molecule has 0 radical (unpaired) electrons. The minimum Gasteiger partial charge on any atom is -0.478 e. The molecule has 140 valence electrons. The fourth-order valence-corrected chi connectivity index (χ4v) is 2.21. The maximum atomic E-state index is 12.7. The van der Waals surface area contributed by atoms with Crippen LogP contribution in [-0.4, -0.2) is 42.7 Å². The van der Waals surface area contributed by atoms with Crippen LogP contribution < -0.4 is 0 Å². The van der Waals surface area contributed by atoms with E-state index in [0.717, 1.165) is 12.2 Å². The number of rotatable bonds is 4. The molecule has 0 heterocycles. The Morgan fingerprint density at radius 3 is 2.59 bits per heavy atom. The molecule has 27 heavy (non-hydrogen) atoms. The molecule has 2 rings (SSSR count). The molecule has 1 aliphatic rings. The van der Waals surface area contributed by atoms with Crippen molar-refractivity contribution >= 4 is 24.4 Å². The lowest BCUT2D eigenvalue weighted by atomic mass is 10.1. The number of halogens is 3. The molecule has 0 fully saturated rings. The number of hydrogen-bond acceptors (Lipinski definition) is 2. The topological polar surface area (TPSA) is 74.4 Å². The Balaban J connectivity index is 2.07. The summed E-state index contributed by atoms with van der Waals surface area (Å²) in [7, 11) is 1.50. The summed E-state index contributed by atoms with van der Waals surface area (Å²) < 4.78 is 38.0. The largest absolute Gasteiger partial charge is 0.478 e. The van der Waals surface area contributed by atoms with Gasteiger partial charge in [0.15, 0.2) is 5.84 Å². The molecule has 0 aliphatic heterocycles. The third kappa shape index (κ3) is 5.88. The van der Waals surface area contributed by atoms with Gasteiger partial charge in [-0.1, -0.05) is 30.4 Å². The van der Waals surface area contributed by atoms with Crippen molar-refractivity contribution in [3.05, 3.63) is 70.8 Å². The zero-order valence-electron chi connectivity index (χ0n) is 14.3. The van der Waals surface area contributed by atoms with Gasteiger partial charge in [-0.2, -0.15) is 13.2 Å². The van der Waals surface area contributed by atoms with E-state index in [2.05, 4.69) is 15.0 Å². The number of carboxylic acids is 1. The van der Waals surface area contributed by atoms with Gasteiger partial charge in [-0.05, 0) is 30.2 Å². The standard InChI is InChI=1S/C19H16F3N3O2/c1-23-17(14-5-3-6-15(10-14)18(26)27)25-12-24-11-13-4-2-7-16(9-8-13)19(20,21)22/h3-12H,2H2,1H3,(H,26,27). The van der Waals surface area contributed by atoms with Gasteiger partial charge in [-0.15, -0.1) is 0 Å². The van der Waals surface area contributed by atoms with Crippen LogP contribution in [0.4, 0.5) is 13.2 Å². The lowest BCUT2D eigenvalue weighted by Gasteiger charge is -2.05. The maximum absolute atomic E-state index is 12.7. The molecule has 0 spiro atoms. The highest BCUT2D eigenvalue weighted by molar-refractivity contribution is 6.05. The van der Waals surface area contributed by atoms with E-state index in [1.807, 2.05) is 0 Å². The Kier molecular flexibility index (Phi) is 6.59. The van der Waals surface area contributed by atoms with Gasteiger partial charge in [-0.25, -0.2) is 14.8 Å². The number of aliphatic imine (C=N–C) groups is 3. The fraction of sp³-hybridized carbons (Fsp3) is 0.158. The summed E-state index contributed by atoms with van der Waals surface area (Å²) in [6.45, 7) is 0. The Morgan fingerprint density at radius 2 is 1.93 bits per heavy atom. The lowest BCUT2D eigenvalue weighted by Crippen LogP contribution is -2.09. The van der Waals surface area contributed by atoms with Crippen molar-refractivity contribution in [3.8, 4) is 0 Å². The first kappa shape index (κ1) is 20.0. The van der Waals surface area contributed by atoms with Gasteiger partial charge < -0.3 is 5.11 Å². The van der Waals surface area contributed by atoms with Crippen LogP contribution >= 0.6 is 0 Å². The van der Waals surface area contributed by atoms with E-state index in [1.54, 1.807) is 18.2 Å². The Hall–Kier alpha value is -3.29. The minimum absolute atomic E-state index is 0.106. The molecule has 0 atom stereocenters. The number of alkyl halides is 3. The van der Waals surface area contributed by atoms with Gasteiger partial charge in [0.05, 0.1) is 11.1 Å². The van der Waals surface area contributed by atoms with Gasteiger partial charge in [0, 0.05) is 18.8 Å². The molecule has 1 aliphatic carbocycles. The monoisotopic (exact) mass is 375 g/mol. The van der Waals surface area contributed by atoms with Crippen molar-refractivity contribution in [2.24, 2.45) is 15.0 Å². The first-order valence-corrected chi connectivity index (χ1v) is 7.83. The number of aromatic carboxylic acids is 1. The molecule has 0 amide bonds. The van der Waals surface area contributed by atoms with Crippen molar-refractivity contribution < 1.29 is 23.1 Å². The van der Waals surface area contributed by atoms with Crippen LogP contribution in [0.25, 0.3) is 0 Å². The van der Waals surface area contributed by atoms with Crippen molar-refractivity contribution in [2.75, 3.05) is 7.05 Å². The van der Waals surface area contributed by atoms with Crippen LogP contribution in [-0.2, 0) is 0 Å². The number of carbonyl (C=O) groups is 1. The van der Waals surface area contributed by atoms with Gasteiger partial charge in [-0.3, -0.25) is 4.99 Å². The van der Waals surface area contributed by atoms with E-state index < -0.39 is 17.7 Å². The van der Waals surface area contributed by atoms with E-state index in [9.17, 15) is 18.0 Å². The molecule has 0 aromatic heterocycles. The maximum Gasteiger partial charge on any atom is 0.416 e. The predicted molar refractivity (Wildman–Crippen MR) is 98.8 cm³/mol. The van der Waals surface area contributed by atoms with E-state index in [0.29, 0.717) is 11.1 Å². The highest BCUT2D eigenvalue weighted by Gasteiger charge is 2.31. The van der Waals surface area contributed by atoms with Crippen LogP contribution in [0.3, 0.4) is 0 Å². The second-order valence-corrected chi connectivity index (χ2v) is 5.39. The van der Waals surface area contributed by atoms with Crippen molar-refractivity contribution in [3.63, 3.8) is 0 Å². The highest BCUT2D eigenvalue weighted by Crippen LogP contribution is 2.28. The average Bonchev–Trinajstić information content (AvgIpc) is 2.87. The second-order valence-electron chi connectivity index (χ2n) is 5.39. The normalized spacial score (nSPS) is 15.8. The molecule has 0 bridgehead atoms. The zero-order valence-corrected chi connectivity index (χ0v) is 14.3. The summed E-state index contributed by atoms with van der Waals surface area (Å²) in [5.74, 6) is -0.783. The summed E-state index contributed by atoms with van der Waals surface area (Å²) in [5, 5.41) is 9.02. The Labute approximate surface area is 153 Å². The zero-order chi connectivity index (χ0) is 19.9. The predicted octanol–water partition coefficient (Wildman–Crippen LogP) is 4.24. The number of hydrogen-bond donors (Lipinski definition) is 1. The van der Waals surface area contributed by atoms with Gasteiger partial charge >= 0.3 is 12.1 Å². The third-order valence-corrected chi connectivity index (χ3v) is 3.52. The van der Waals surface area contributed by atoms with E-state index in [1.165, 1.54) is 37.8 Å². The van der Waals surface area contributed by atoms with Crippen LogP contribution in [0.2, 0.25) is 0 Å². The van der Waals surface area contributed by atoms with Crippen LogP contribution in [0.15, 0.2) is 74.7 Å². The molecule has 8 heteroatoms. The Bertz CT molecular complexity index is 892. The number of allylic oxidation sites excluding steroid dienone is 6. The fourth-order valence-electron chi connectivity index (χ4n) is 2.21. The summed E-state index contributed by atoms with van der Waals surface area (Å²) >= 11 is 0. The molecule has 1 aromatic rings. The van der Waals surface area contributed by atoms with Crippen molar-refractivity contribution in [1.29, 1.82) is 0 Å². The molecular formula is C19H16F3N3O2. The second kappa shape index (κ2) is 8.88. The van der Waals surface area contributed by atoms with Crippen molar-refractivity contribution in [2.45, 2.75) is 12.6 Å². The van der Waals surface area contributed by atoms with Gasteiger partial charge in [0.1, 0.15) is 6.34 Å². The molecule has 1 N–H and O–H groups in total. The molecule has 1 aromatic carbocycles. The molecular weight excluding hydrogens is 359 g/mol. The molecule has 0 saturated heterocycles. The first-order chi connectivity index (χ1) is 12.8.